The second kappa shape index (κ2) is 5.11. The van der Waals surface area contributed by atoms with Gasteiger partial charge in [-0.2, -0.15) is 0 Å². The summed E-state index contributed by atoms with van der Waals surface area (Å²) in [4.78, 5) is 31.4. The first-order valence-corrected chi connectivity index (χ1v) is 3.28. The van der Waals surface area contributed by atoms with Gasteiger partial charge in [-0.05, 0) is 12.2 Å². The molecule has 1 aliphatic carbocycles. The minimum absolute atomic E-state index is 0. The first kappa shape index (κ1) is 12.3. The number of rotatable bonds is 2. The van der Waals surface area contributed by atoms with Crippen LogP contribution in [0.1, 0.15) is 6.42 Å². The van der Waals surface area contributed by atoms with Gasteiger partial charge in [0.1, 0.15) is 5.97 Å². The molecule has 1 aliphatic rings. The Hall–Kier alpha value is -0.710. The topological polar surface area (TPSA) is 74.3 Å². The van der Waals surface area contributed by atoms with Crippen LogP contribution in [-0.2, 0) is 14.4 Å². The van der Waals surface area contributed by atoms with Crippen LogP contribution in [0.4, 0.5) is 0 Å². The molecular weight excluding hydrogens is 183 g/mol. The van der Waals surface area contributed by atoms with E-state index in [1.165, 1.54) is 18.2 Å². The number of carboxylic acid groups (broad SMARTS) is 1. The summed E-state index contributed by atoms with van der Waals surface area (Å²) < 4.78 is 0. The van der Waals surface area contributed by atoms with Crippen LogP contribution in [0.2, 0.25) is 0 Å². The Bertz CT molecular complexity index is 314. The van der Waals surface area contributed by atoms with Gasteiger partial charge in [-0.1, -0.05) is 6.08 Å². The van der Waals surface area contributed by atoms with Gasteiger partial charge in [0, 0.05) is 12.0 Å². The van der Waals surface area contributed by atoms with E-state index in [2.05, 4.69) is 0 Å². The van der Waals surface area contributed by atoms with Crippen molar-refractivity contribution in [3.05, 3.63) is 23.8 Å². The molecule has 0 atom stereocenters. The number of allylic oxidation sites excluding steroid dienone is 3. The average Bonchev–Trinajstić information content (AvgIpc) is 2.04. The third kappa shape index (κ3) is 3.26. The van der Waals surface area contributed by atoms with Crippen molar-refractivity contribution in [1.82, 2.24) is 0 Å². The summed E-state index contributed by atoms with van der Waals surface area (Å²) in [6.07, 6.45) is 3.71. The molecule has 13 heavy (non-hydrogen) atoms. The summed E-state index contributed by atoms with van der Waals surface area (Å²) in [7, 11) is 0. The summed E-state index contributed by atoms with van der Waals surface area (Å²) in [5.74, 6) is -2.98. The molecule has 0 saturated heterocycles. The van der Waals surface area contributed by atoms with E-state index in [9.17, 15) is 19.5 Å². The van der Waals surface area contributed by atoms with Crippen molar-refractivity contribution in [1.29, 1.82) is 0 Å². The predicted octanol–water partition coefficient (Wildman–Crippen LogP) is -4.24. The molecule has 0 aromatic rings. The number of hydrogen-bond donors (Lipinski definition) is 0. The second-order valence-electron chi connectivity index (χ2n) is 2.28. The van der Waals surface area contributed by atoms with Crippen molar-refractivity contribution in [2.45, 2.75) is 6.42 Å². The Balaban J connectivity index is 0.00000144. The molecule has 0 aromatic heterocycles. The van der Waals surface area contributed by atoms with Gasteiger partial charge in [0.05, 0.1) is 0 Å². The average molecular weight is 188 g/mol. The molecule has 0 heterocycles. The Kier molecular flexibility index (Phi) is 4.83. The molecule has 0 aliphatic heterocycles. The molecule has 0 fully saturated rings. The van der Waals surface area contributed by atoms with Crippen molar-refractivity contribution in [2.75, 3.05) is 0 Å². The SMILES string of the molecule is O=C1C=CC(C(=O)C(=O)[O-])=CC1.[Na+]. The fourth-order valence-electron chi connectivity index (χ4n) is 0.816. The van der Waals surface area contributed by atoms with Crippen molar-refractivity contribution < 1.29 is 49.0 Å². The Morgan fingerprint density at radius 3 is 2.31 bits per heavy atom. The van der Waals surface area contributed by atoms with Crippen molar-refractivity contribution in [2.24, 2.45) is 0 Å². The first-order chi connectivity index (χ1) is 5.61. The maximum atomic E-state index is 10.7. The third-order valence-electron chi connectivity index (χ3n) is 1.42. The smallest absolute Gasteiger partial charge is 0.541 e. The van der Waals surface area contributed by atoms with Crippen LogP contribution in [-0.4, -0.2) is 17.5 Å². The summed E-state index contributed by atoms with van der Waals surface area (Å²) >= 11 is 0. The van der Waals surface area contributed by atoms with Crippen LogP contribution in [0, 0.1) is 0 Å². The van der Waals surface area contributed by atoms with Gasteiger partial charge < -0.3 is 9.90 Å². The number of aliphatic carboxylic acids is 1. The number of carbonyl (C=O) groups is 3. The minimum atomic E-state index is -1.75. The van der Waals surface area contributed by atoms with Crippen LogP contribution in [0.5, 0.6) is 0 Å². The van der Waals surface area contributed by atoms with E-state index in [0.717, 1.165) is 0 Å². The molecule has 0 spiro atoms. The largest absolute Gasteiger partial charge is 1.00 e. The zero-order valence-corrected chi connectivity index (χ0v) is 9.07. The van der Waals surface area contributed by atoms with Gasteiger partial charge >= 0.3 is 29.6 Å². The Morgan fingerprint density at radius 2 is 1.92 bits per heavy atom. The number of carboxylic acids is 1. The van der Waals surface area contributed by atoms with E-state index < -0.39 is 11.8 Å². The van der Waals surface area contributed by atoms with Gasteiger partial charge in [0.2, 0.25) is 5.78 Å². The fraction of sp³-hybridized carbons (Fsp3) is 0.125. The molecule has 0 amide bonds. The maximum Gasteiger partial charge on any atom is 1.00 e. The van der Waals surface area contributed by atoms with Gasteiger partial charge in [0.15, 0.2) is 5.78 Å². The molecule has 0 aromatic carbocycles. The molecule has 0 saturated carbocycles. The number of Topliss-reactive ketones (excluding diaryl/α,β-unsaturated/α-hetero) is 1. The summed E-state index contributed by atoms with van der Waals surface area (Å²) in [5.41, 5.74) is 0.00889. The molecule has 4 nitrogen and oxygen atoms in total. The second-order valence-corrected chi connectivity index (χ2v) is 2.28. The molecular formula is C8H5NaO4. The van der Waals surface area contributed by atoms with E-state index in [4.69, 9.17) is 0 Å². The van der Waals surface area contributed by atoms with Crippen molar-refractivity contribution >= 4 is 17.5 Å². The van der Waals surface area contributed by atoms with Crippen LogP contribution in [0.25, 0.3) is 0 Å². The van der Waals surface area contributed by atoms with E-state index in [0.29, 0.717) is 0 Å². The Morgan fingerprint density at radius 1 is 1.31 bits per heavy atom. The van der Waals surface area contributed by atoms with E-state index in [1.807, 2.05) is 0 Å². The predicted molar refractivity (Wildman–Crippen MR) is 36.9 cm³/mol. The summed E-state index contributed by atoms with van der Waals surface area (Å²) in [6.45, 7) is 0. The number of ketones is 2. The van der Waals surface area contributed by atoms with Crippen molar-refractivity contribution in [3.63, 3.8) is 0 Å². The molecule has 0 N–H and O–H groups in total. The van der Waals surface area contributed by atoms with E-state index >= 15 is 0 Å². The minimum Gasteiger partial charge on any atom is -0.541 e. The molecule has 62 valence electrons. The van der Waals surface area contributed by atoms with Crippen LogP contribution >= 0.6 is 0 Å². The van der Waals surface area contributed by atoms with Crippen molar-refractivity contribution in [3.8, 4) is 0 Å². The zero-order valence-electron chi connectivity index (χ0n) is 7.07. The van der Waals surface area contributed by atoms with Gasteiger partial charge in [-0.25, -0.2) is 0 Å². The van der Waals surface area contributed by atoms with Crippen LogP contribution in [0.15, 0.2) is 23.8 Å². The molecule has 0 radical (unpaired) electrons. The number of hydrogen-bond acceptors (Lipinski definition) is 4. The summed E-state index contributed by atoms with van der Waals surface area (Å²) in [6, 6.07) is 0. The molecule has 0 bridgehead atoms. The first-order valence-electron chi connectivity index (χ1n) is 3.28. The quantitative estimate of drug-likeness (QED) is 0.325. The summed E-state index contributed by atoms with van der Waals surface area (Å²) in [5, 5.41) is 10.1. The van der Waals surface area contributed by atoms with E-state index in [-0.39, 0.29) is 47.3 Å². The van der Waals surface area contributed by atoms with Crippen LogP contribution < -0.4 is 34.7 Å². The number of carbonyl (C=O) groups excluding carboxylic acids is 3. The van der Waals surface area contributed by atoms with Gasteiger partial charge in [0.25, 0.3) is 0 Å². The maximum absolute atomic E-state index is 10.7. The van der Waals surface area contributed by atoms with Gasteiger partial charge in [-0.15, -0.1) is 0 Å². The normalized spacial score (nSPS) is 14.5. The monoisotopic (exact) mass is 188 g/mol. The molecule has 0 unspecified atom stereocenters. The van der Waals surface area contributed by atoms with Gasteiger partial charge in [-0.3, -0.25) is 9.59 Å². The third-order valence-corrected chi connectivity index (χ3v) is 1.42. The molecule has 1 rings (SSSR count). The standard InChI is InChI=1S/C8H6O4.Na/c9-6-3-1-5(2-4-6)7(10)8(11)12;/h1-3H,4H2,(H,11,12);/q;+1/p-1. The van der Waals surface area contributed by atoms with E-state index in [1.54, 1.807) is 0 Å². The van der Waals surface area contributed by atoms with Crippen LogP contribution in [0.3, 0.4) is 0 Å². The fourth-order valence-corrected chi connectivity index (χ4v) is 0.816. The zero-order chi connectivity index (χ0) is 9.14. The molecule has 5 heteroatoms. The Labute approximate surface area is 96.6 Å².